The monoisotopic (exact) mass is 420 g/mol. The highest BCUT2D eigenvalue weighted by molar-refractivity contribution is 6.32. The van der Waals surface area contributed by atoms with Crippen LogP contribution in [0.1, 0.15) is 25.8 Å². The van der Waals surface area contributed by atoms with Gasteiger partial charge >= 0.3 is 0 Å². The predicted octanol–water partition coefficient (Wildman–Crippen LogP) is 4.06. The summed E-state index contributed by atoms with van der Waals surface area (Å²) in [6.07, 6.45) is 2.30. The maximum Gasteiger partial charge on any atom is 0.277 e. The van der Waals surface area contributed by atoms with Crippen LogP contribution in [0.2, 0.25) is 5.02 Å². The van der Waals surface area contributed by atoms with Crippen molar-refractivity contribution < 1.29 is 23.7 Å². The third kappa shape index (κ3) is 6.57. The van der Waals surface area contributed by atoms with Gasteiger partial charge in [-0.2, -0.15) is 5.10 Å². The number of halogens is 1. The van der Waals surface area contributed by atoms with Crippen molar-refractivity contribution in [1.82, 2.24) is 5.43 Å². The molecule has 0 spiro atoms. The van der Waals surface area contributed by atoms with E-state index in [9.17, 15) is 4.79 Å². The maximum absolute atomic E-state index is 11.9. The van der Waals surface area contributed by atoms with Crippen LogP contribution in [-0.2, 0) is 4.79 Å². The summed E-state index contributed by atoms with van der Waals surface area (Å²) in [6.45, 7) is 3.77. The number of ether oxygens (including phenoxy) is 4. The summed E-state index contributed by atoms with van der Waals surface area (Å²) in [5, 5.41) is 4.33. The number of carbonyl (C=O) groups is 1. The molecule has 0 aromatic heterocycles. The van der Waals surface area contributed by atoms with Gasteiger partial charge in [0.05, 0.1) is 31.6 Å². The van der Waals surface area contributed by atoms with Gasteiger partial charge in [-0.15, -0.1) is 0 Å². The van der Waals surface area contributed by atoms with E-state index in [1.807, 2.05) is 19.9 Å². The SMILES string of the molecule is CC[C@H](C)Oc1c(Cl)cc(/C=N/NC(=O)COc2ccccc2OC)cc1OC. The van der Waals surface area contributed by atoms with Gasteiger partial charge in [-0.3, -0.25) is 4.79 Å². The predicted molar refractivity (Wildman–Crippen MR) is 113 cm³/mol. The first-order chi connectivity index (χ1) is 14.0. The molecule has 7 nitrogen and oxygen atoms in total. The summed E-state index contributed by atoms with van der Waals surface area (Å²) in [7, 11) is 3.07. The number of carbonyl (C=O) groups excluding carboxylic acids is 1. The van der Waals surface area contributed by atoms with Crippen molar-refractivity contribution >= 4 is 23.7 Å². The molecule has 1 amide bonds. The lowest BCUT2D eigenvalue weighted by molar-refractivity contribution is -0.123. The zero-order valence-corrected chi connectivity index (χ0v) is 17.7. The number of hydrogen-bond donors (Lipinski definition) is 1. The van der Waals surface area contributed by atoms with Gasteiger partial charge in [-0.1, -0.05) is 30.7 Å². The maximum atomic E-state index is 11.9. The summed E-state index contributed by atoms with van der Waals surface area (Å²) in [5.74, 6) is 1.58. The fourth-order valence-electron chi connectivity index (χ4n) is 2.31. The molecule has 0 bridgehead atoms. The van der Waals surface area contributed by atoms with E-state index in [2.05, 4.69) is 10.5 Å². The number of amides is 1. The summed E-state index contributed by atoms with van der Waals surface area (Å²) < 4.78 is 21.8. The van der Waals surface area contributed by atoms with Gasteiger partial charge in [0, 0.05) is 0 Å². The van der Waals surface area contributed by atoms with Gasteiger partial charge in [-0.25, -0.2) is 5.43 Å². The Morgan fingerprint density at radius 2 is 1.86 bits per heavy atom. The molecule has 0 aliphatic heterocycles. The molecule has 29 heavy (non-hydrogen) atoms. The molecule has 2 aromatic carbocycles. The summed E-state index contributed by atoms with van der Waals surface area (Å²) >= 11 is 6.32. The Labute approximate surface area is 175 Å². The lowest BCUT2D eigenvalue weighted by Gasteiger charge is -2.17. The van der Waals surface area contributed by atoms with Crippen LogP contribution in [0, 0.1) is 0 Å². The van der Waals surface area contributed by atoms with E-state index in [4.69, 9.17) is 30.5 Å². The van der Waals surface area contributed by atoms with Gasteiger partial charge < -0.3 is 18.9 Å². The molecule has 0 unspecified atom stereocenters. The second-order valence-electron chi connectivity index (χ2n) is 6.10. The highest BCUT2D eigenvalue weighted by Gasteiger charge is 2.14. The normalized spacial score (nSPS) is 11.8. The Kier molecular flexibility index (Phi) is 8.61. The molecule has 0 fully saturated rings. The molecule has 8 heteroatoms. The third-order valence-electron chi connectivity index (χ3n) is 3.98. The van der Waals surface area contributed by atoms with Gasteiger partial charge in [0.15, 0.2) is 29.6 Å². The van der Waals surface area contributed by atoms with Crippen LogP contribution in [0.3, 0.4) is 0 Å². The van der Waals surface area contributed by atoms with Crippen molar-refractivity contribution in [1.29, 1.82) is 0 Å². The Morgan fingerprint density at radius 3 is 2.52 bits per heavy atom. The van der Waals surface area contributed by atoms with E-state index in [0.29, 0.717) is 33.6 Å². The minimum atomic E-state index is -0.415. The lowest BCUT2D eigenvalue weighted by Crippen LogP contribution is -2.24. The second kappa shape index (κ2) is 11.2. The van der Waals surface area contributed by atoms with Gasteiger partial charge in [0.1, 0.15) is 0 Å². The Hall–Kier alpha value is -2.93. The van der Waals surface area contributed by atoms with E-state index in [0.717, 1.165) is 6.42 Å². The molecular weight excluding hydrogens is 396 g/mol. The number of methoxy groups -OCH3 is 2. The molecule has 0 saturated carbocycles. The van der Waals surface area contributed by atoms with Crippen LogP contribution in [0.4, 0.5) is 0 Å². The minimum Gasteiger partial charge on any atom is -0.493 e. The summed E-state index contributed by atoms with van der Waals surface area (Å²) in [4.78, 5) is 11.9. The zero-order valence-electron chi connectivity index (χ0n) is 16.9. The molecule has 0 aliphatic rings. The first kappa shape index (κ1) is 22.4. The average Bonchev–Trinajstić information content (AvgIpc) is 2.73. The summed E-state index contributed by atoms with van der Waals surface area (Å²) in [5.41, 5.74) is 3.05. The number of hydrogen-bond acceptors (Lipinski definition) is 6. The average molecular weight is 421 g/mol. The fourth-order valence-corrected chi connectivity index (χ4v) is 2.57. The van der Waals surface area contributed by atoms with Crippen molar-refractivity contribution in [3.8, 4) is 23.0 Å². The molecule has 1 N–H and O–H groups in total. The number of para-hydroxylation sites is 2. The van der Waals surface area contributed by atoms with Crippen molar-refractivity contribution in [3.05, 3.63) is 47.0 Å². The molecule has 1 atom stereocenters. The van der Waals surface area contributed by atoms with Crippen molar-refractivity contribution in [2.45, 2.75) is 26.4 Å². The van der Waals surface area contributed by atoms with Gasteiger partial charge in [0.2, 0.25) is 0 Å². The molecule has 0 saturated heterocycles. The minimum absolute atomic E-state index is 0.00319. The second-order valence-corrected chi connectivity index (χ2v) is 6.51. The van der Waals surface area contributed by atoms with Crippen molar-refractivity contribution in [2.24, 2.45) is 5.10 Å². The largest absolute Gasteiger partial charge is 0.493 e. The van der Waals surface area contributed by atoms with Gasteiger partial charge in [-0.05, 0) is 43.2 Å². The van der Waals surface area contributed by atoms with E-state index >= 15 is 0 Å². The van der Waals surface area contributed by atoms with Crippen molar-refractivity contribution in [3.63, 3.8) is 0 Å². The van der Waals surface area contributed by atoms with E-state index < -0.39 is 5.91 Å². The van der Waals surface area contributed by atoms with E-state index in [1.54, 1.807) is 30.3 Å². The smallest absolute Gasteiger partial charge is 0.277 e. The number of rotatable bonds is 10. The Bertz CT molecular complexity index is 857. The van der Waals surface area contributed by atoms with Crippen LogP contribution in [-0.4, -0.2) is 39.1 Å². The Morgan fingerprint density at radius 1 is 1.17 bits per heavy atom. The highest BCUT2D eigenvalue weighted by Crippen LogP contribution is 2.37. The third-order valence-corrected chi connectivity index (χ3v) is 4.26. The van der Waals surface area contributed by atoms with Crippen LogP contribution in [0.5, 0.6) is 23.0 Å². The van der Waals surface area contributed by atoms with E-state index in [-0.39, 0.29) is 12.7 Å². The molecule has 0 heterocycles. The Balaban J connectivity index is 1.97. The lowest BCUT2D eigenvalue weighted by atomic mass is 10.2. The molecule has 2 rings (SSSR count). The topological polar surface area (TPSA) is 78.4 Å². The zero-order chi connectivity index (χ0) is 21.2. The first-order valence-corrected chi connectivity index (χ1v) is 9.48. The molecule has 0 radical (unpaired) electrons. The van der Waals surface area contributed by atoms with Crippen LogP contribution < -0.4 is 24.4 Å². The number of hydrazone groups is 1. The van der Waals surface area contributed by atoms with Gasteiger partial charge in [0.25, 0.3) is 5.91 Å². The van der Waals surface area contributed by atoms with Crippen LogP contribution in [0.15, 0.2) is 41.5 Å². The van der Waals surface area contributed by atoms with Crippen LogP contribution in [0.25, 0.3) is 0 Å². The summed E-state index contributed by atoms with van der Waals surface area (Å²) in [6, 6.07) is 10.5. The molecule has 2 aromatic rings. The number of benzene rings is 2. The highest BCUT2D eigenvalue weighted by atomic mass is 35.5. The van der Waals surface area contributed by atoms with Crippen molar-refractivity contribution in [2.75, 3.05) is 20.8 Å². The molecule has 156 valence electrons. The number of nitrogens with one attached hydrogen (secondary N) is 1. The molecule has 0 aliphatic carbocycles. The fraction of sp³-hybridized carbons (Fsp3) is 0.333. The molecular formula is C21H25ClN2O5. The van der Waals surface area contributed by atoms with Crippen LogP contribution >= 0.6 is 11.6 Å². The first-order valence-electron chi connectivity index (χ1n) is 9.10. The quantitative estimate of drug-likeness (QED) is 0.463. The van der Waals surface area contributed by atoms with E-state index in [1.165, 1.54) is 20.4 Å². The number of nitrogens with zero attached hydrogens (tertiary/aromatic N) is 1. The standard InChI is InChI=1S/C21H25ClN2O5/c1-5-14(2)29-21-16(22)10-15(11-19(21)27-4)12-23-24-20(25)13-28-18-9-7-6-8-17(18)26-3/h6-12,14H,5,13H2,1-4H3,(H,24,25)/b23-12+/t14-/m0/s1.